The Labute approximate surface area is 134 Å². The first kappa shape index (κ1) is 18.2. The van der Waals surface area contributed by atoms with E-state index in [-0.39, 0.29) is 24.5 Å². The molecular formula is C16H18N2O5. The normalized spacial score (nSPS) is 12.5. The van der Waals surface area contributed by atoms with Gasteiger partial charge in [-0.25, -0.2) is 4.79 Å². The number of aliphatic carboxylic acids is 1. The van der Waals surface area contributed by atoms with Gasteiger partial charge in [0.1, 0.15) is 11.8 Å². The highest BCUT2D eigenvalue weighted by atomic mass is 16.5. The third-order valence-corrected chi connectivity index (χ3v) is 2.82. The zero-order valence-corrected chi connectivity index (χ0v) is 12.7. The van der Waals surface area contributed by atoms with Crippen molar-refractivity contribution in [3.8, 4) is 11.8 Å². The second-order valence-corrected chi connectivity index (χ2v) is 4.59. The number of nitriles is 1. The van der Waals surface area contributed by atoms with Crippen LogP contribution in [0.5, 0.6) is 5.75 Å². The molecule has 2 unspecified atom stereocenters. The predicted molar refractivity (Wildman–Crippen MR) is 81.8 cm³/mol. The lowest BCUT2D eigenvalue weighted by atomic mass is 10.2. The fourth-order valence-electron chi connectivity index (χ4n) is 1.64. The molecule has 23 heavy (non-hydrogen) atoms. The van der Waals surface area contributed by atoms with Crippen LogP contribution in [0.4, 0.5) is 0 Å². The van der Waals surface area contributed by atoms with Crippen molar-refractivity contribution in [1.29, 1.82) is 5.26 Å². The molecule has 1 aromatic carbocycles. The largest absolute Gasteiger partial charge is 0.480 e. The first-order chi connectivity index (χ1) is 11.0. The molecular weight excluding hydrogens is 300 g/mol. The van der Waals surface area contributed by atoms with E-state index in [0.717, 1.165) is 0 Å². The number of ether oxygens (including phenoxy) is 2. The molecule has 0 aromatic heterocycles. The molecule has 0 saturated heterocycles. The zero-order valence-electron chi connectivity index (χ0n) is 12.7. The van der Waals surface area contributed by atoms with E-state index in [4.69, 9.17) is 19.8 Å². The van der Waals surface area contributed by atoms with Gasteiger partial charge in [-0.15, -0.1) is 6.58 Å². The summed E-state index contributed by atoms with van der Waals surface area (Å²) in [4.78, 5) is 23.1. The minimum Gasteiger partial charge on any atom is -0.480 e. The molecule has 0 spiro atoms. The SMILES string of the molecule is C=CCOCC(NC(=O)C(C)Oc1ccccc1C#N)C(=O)O. The van der Waals surface area contributed by atoms with Crippen molar-refractivity contribution in [2.24, 2.45) is 0 Å². The minimum atomic E-state index is -1.22. The highest BCUT2D eigenvalue weighted by molar-refractivity contribution is 5.86. The van der Waals surface area contributed by atoms with Gasteiger partial charge in [-0.1, -0.05) is 18.2 Å². The summed E-state index contributed by atoms with van der Waals surface area (Å²) >= 11 is 0. The van der Waals surface area contributed by atoms with E-state index in [1.807, 2.05) is 6.07 Å². The number of carboxylic acids is 1. The van der Waals surface area contributed by atoms with Crippen LogP contribution in [0.25, 0.3) is 0 Å². The summed E-state index contributed by atoms with van der Waals surface area (Å²) in [5.41, 5.74) is 0.288. The van der Waals surface area contributed by atoms with Gasteiger partial charge in [-0.2, -0.15) is 5.26 Å². The third kappa shape index (κ3) is 5.80. The Morgan fingerprint density at radius 2 is 2.17 bits per heavy atom. The van der Waals surface area contributed by atoms with Crippen molar-refractivity contribution < 1.29 is 24.2 Å². The van der Waals surface area contributed by atoms with Crippen molar-refractivity contribution >= 4 is 11.9 Å². The number of rotatable bonds is 9. The van der Waals surface area contributed by atoms with E-state index in [0.29, 0.717) is 0 Å². The van der Waals surface area contributed by atoms with Crippen molar-refractivity contribution in [2.75, 3.05) is 13.2 Å². The minimum absolute atomic E-state index is 0.182. The molecule has 2 atom stereocenters. The molecule has 2 N–H and O–H groups in total. The van der Waals surface area contributed by atoms with Crippen LogP contribution in [0, 0.1) is 11.3 Å². The lowest BCUT2D eigenvalue weighted by Crippen LogP contribution is -2.48. The van der Waals surface area contributed by atoms with Gasteiger partial charge in [0.15, 0.2) is 12.1 Å². The number of carbonyl (C=O) groups excluding carboxylic acids is 1. The number of nitrogens with one attached hydrogen (secondary N) is 1. The van der Waals surface area contributed by atoms with Gasteiger partial charge in [-0.05, 0) is 19.1 Å². The Hall–Kier alpha value is -2.85. The van der Waals surface area contributed by atoms with Gasteiger partial charge in [0.2, 0.25) is 0 Å². The Bertz CT molecular complexity index is 609. The number of benzene rings is 1. The lowest BCUT2D eigenvalue weighted by molar-refractivity contribution is -0.144. The van der Waals surface area contributed by atoms with Crippen LogP contribution in [0.3, 0.4) is 0 Å². The molecule has 7 nitrogen and oxygen atoms in total. The summed E-state index contributed by atoms with van der Waals surface area (Å²) in [5.74, 6) is -1.58. The number of hydrogen-bond donors (Lipinski definition) is 2. The molecule has 0 radical (unpaired) electrons. The average molecular weight is 318 g/mol. The first-order valence-corrected chi connectivity index (χ1v) is 6.87. The average Bonchev–Trinajstić information content (AvgIpc) is 2.54. The van der Waals surface area contributed by atoms with Crippen LogP contribution in [0.2, 0.25) is 0 Å². The van der Waals surface area contributed by atoms with E-state index in [2.05, 4.69) is 11.9 Å². The Morgan fingerprint density at radius 1 is 1.48 bits per heavy atom. The number of hydrogen-bond acceptors (Lipinski definition) is 5. The second-order valence-electron chi connectivity index (χ2n) is 4.59. The standard InChI is InChI=1S/C16H18N2O5/c1-3-8-22-10-13(16(20)21)18-15(19)11(2)23-14-7-5-4-6-12(14)9-17/h3-7,11,13H,1,8,10H2,2H3,(H,18,19)(H,20,21). The summed E-state index contributed by atoms with van der Waals surface area (Å²) in [7, 11) is 0. The maximum Gasteiger partial charge on any atom is 0.328 e. The van der Waals surface area contributed by atoms with Gasteiger partial charge in [0, 0.05) is 0 Å². The van der Waals surface area contributed by atoms with Crippen molar-refractivity contribution in [3.63, 3.8) is 0 Å². The number of carbonyl (C=O) groups is 2. The summed E-state index contributed by atoms with van der Waals surface area (Å²) in [5, 5.41) is 20.4. The third-order valence-electron chi connectivity index (χ3n) is 2.82. The van der Waals surface area contributed by atoms with E-state index < -0.39 is 24.0 Å². The van der Waals surface area contributed by atoms with Gasteiger partial charge in [-0.3, -0.25) is 4.79 Å². The summed E-state index contributed by atoms with van der Waals surface area (Å²) in [6.07, 6.45) is 0.511. The molecule has 1 amide bonds. The molecule has 0 bridgehead atoms. The van der Waals surface area contributed by atoms with E-state index in [1.165, 1.54) is 13.0 Å². The highest BCUT2D eigenvalue weighted by Crippen LogP contribution is 2.18. The van der Waals surface area contributed by atoms with Gasteiger partial charge in [0.25, 0.3) is 5.91 Å². The number of para-hydroxylation sites is 1. The molecule has 0 aliphatic rings. The highest BCUT2D eigenvalue weighted by Gasteiger charge is 2.24. The van der Waals surface area contributed by atoms with Crippen LogP contribution < -0.4 is 10.1 Å². The maximum atomic E-state index is 12.0. The van der Waals surface area contributed by atoms with Crippen LogP contribution in [0.1, 0.15) is 12.5 Å². The molecule has 1 aromatic rings. The maximum absolute atomic E-state index is 12.0. The Kier molecular flexibility index (Phi) is 7.30. The molecule has 0 heterocycles. The molecule has 0 fully saturated rings. The smallest absolute Gasteiger partial charge is 0.328 e. The Morgan fingerprint density at radius 3 is 2.78 bits per heavy atom. The summed E-state index contributed by atoms with van der Waals surface area (Å²) < 4.78 is 10.5. The van der Waals surface area contributed by atoms with Crippen molar-refractivity contribution in [2.45, 2.75) is 19.1 Å². The van der Waals surface area contributed by atoms with Gasteiger partial charge in [0.05, 0.1) is 18.8 Å². The fraction of sp³-hybridized carbons (Fsp3) is 0.312. The first-order valence-electron chi connectivity index (χ1n) is 6.87. The number of amides is 1. The van der Waals surface area contributed by atoms with Crippen LogP contribution in [-0.2, 0) is 14.3 Å². The number of carboxylic acid groups (broad SMARTS) is 1. The molecule has 1 rings (SSSR count). The van der Waals surface area contributed by atoms with E-state index in [1.54, 1.807) is 24.3 Å². The lowest BCUT2D eigenvalue weighted by Gasteiger charge is -2.19. The molecule has 0 aliphatic carbocycles. The quantitative estimate of drug-likeness (QED) is 0.521. The van der Waals surface area contributed by atoms with E-state index >= 15 is 0 Å². The Balaban J connectivity index is 2.66. The zero-order chi connectivity index (χ0) is 17.2. The summed E-state index contributed by atoms with van der Waals surface area (Å²) in [6.45, 7) is 4.91. The predicted octanol–water partition coefficient (Wildman–Crippen LogP) is 1.10. The molecule has 7 heteroatoms. The van der Waals surface area contributed by atoms with Crippen LogP contribution in [0.15, 0.2) is 36.9 Å². The molecule has 122 valence electrons. The van der Waals surface area contributed by atoms with Crippen LogP contribution in [-0.4, -0.2) is 42.3 Å². The monoisotopic (exact) mass is 318 g/mol. The summed E-state index contributed by atoms with van der Waals surface area (Å²) in [6, 6.07) is 7.22. The van der Waals surface area contributed by atoms with Crippen molar-refractivity contribution in [1.82, 2.24) is 5.32 Å². The van der Waals surface area contributed by atoms with Gasteiger partial charge >= 0.3 is 5.97 Å². The molecule has 0 saturated carbocycles. The van der Waals surface area contributed by atoms with Crippen LogP contribution >= 0.6 is 0 Å². The topological polar surface area (TPSA) is 109 Å². The fourth-order valence-corrected chi connectivity index (χ4v) is 1.64. The number of nitrogens with zero attached hydrogens (tertiary/aromatic N) is 1. The van der Waals surface area contributed by atoms with Crippen molar-refractivity contribution in [3.05, 3.63) is 42.5 Å². The van der Waals surface area contributed by atoms with Gasteiger partial charge < -0.3 is 19.9 Å². The second kappa shape index (κ2) is 9.23. The molecule has 0 aliphatic heterocycles. The van der Waals surface area contributed by atoms with E-state index in [9.17, 15) is 9.59 Å².